The molecule has 1 heterocycles. The molecule has 0 radical (unpaired) electrons. The number of esters is 1. The Morgan fingerprint density at radius 3 is 2.20 bits per heavy atom. The second-order valence-corrected chi connectivity index (χ2v) is 14.6. The molecule has 14 heteroatoms. The van der Waals surface area contributed by atoms with E-state index >= 15 is 0 Å². The van der Waals surface area contributed by atoms with Crippen LogP contribution in [0.25, 0.3) is 11.1 Å². The fourth-order valence-electron chi connectivity index (χ4n) is 6.51. The maximum Gasteiger partial charge on any atom is 0.407 e. The van der Waals surface area contributed by atoms with Gasteiger partial charge in [-0.1, -0.05) is 25.5 Å². The standard InChI is InChI=1S/C40H56N4O10/c1-24-18-32(46)35(44(6)37(48)27(21-28(45)23-41-5)12-10-11-17-42-39(50)54-40(2,3)4)26-14-16-34(52-8)30(22-26)29-19-25(13-15-33(29)51-7)20-31(38(49)53-9)43-36(24)47/h13-16,19,22,24,27,31,35,41H,10-12,17-18,20-21,23H2,1-9H3,(H,42,50)(H,43,47)/t24-,27-,31+,35+/m1/s1. The molecule has 14 nitrogen and oxygen atoms in total. The summed E-state index contributed by atoms with van der Waals surface area (Å²) >= 11 is 0. The molecule has 54 heavy (non-hydrogen) atoms. The van der Waals surface area contributed by atoms with Crippen LogP contribution in [0.15, 0.2) is 36.4 Å². The van der Waals surface area contributed by atoms with E-state index in [0.29, 0.717) is 59.6 Å². The molecule has 0 unspecified atom stereocenters. The van der Waals surface area contributed by atoms with Gasteiger partial charge in [0.1, 0.15) is 35.0 Å². The minimum atomic E-state index is -1.15. The zero-order chi connectivity index (χ0) is 40.2. The quantitative estimate of drug-likeness (QED) is 0.186. The largest absolute Gasteiger partial charge is 0.496 e. The number of fused-ring (bicyclic) bond motifs is 5. The lowest BCUT2D eigenvalue weighted by Crippen LogP contribution is -2.46. The van der Waals surface area contributed by atoms with Gasteiger partial charge in [0, 0.05) is 55.8 Å². The maximum atomic E-state index is 14.4. The Morgan fingerprint density at radius 1 is 0.944 bits per heavy atom. The van der Waals surface area contributed by atoms with Gasteiger partial charge in [-0.15, -0.1) is 0 Å². The third kappa shape index (κ3) is 12.0. The summed E-state index contributed by atoms with van der Waals surface area (Å²) in [7, 11) is 7.45. The molecule has 0 spiro atoms. The highest BCUT2D eigenvalue weighted by Gasteiger charge is 2.36. The van der Waals surface area contributed by atoms with Crippen LogP contribution in [-0.2, 0) is 39.9 Å². The summed E-state index contributed by atoms with van der Waals surface area (Å²) in [5.41, 5.74) is 1.71. The average Bonchev–Trinajstić information content (AvgIpc) is 3.12. The molecule has 0 aliphatic carbocycles. The lowest BCUT2D eigenvalue weighted by molar-refractivity contribution is -0.146. The van der Waals surface area contributed by atoms with Crippen molar-refractivity contribution < 1.29 is 47.7 Å². The topological polar surface area (TPSA) is 179 Å². The minimum Gasteiger partial charge on any atom is -0.496 e. The Morgan fingerprint density at radius 2 is 1.59 bits per heavy atom. The molecule has 296 valence electrons. The second-order valence-electron chi connectivity index (χ2n) is 14.6. The van der Waals surface area contributed by atoms with E-state index in [1.807, 2.05) is 6.07 Å². The third-order valence-electron chi connectivity index (χ3n) is 9.18. The van der Waals surface area contributed by atoms with E-state index in [2.05, 4.69) is 16.0 Å². The van der Waals surface area contributed by atoms with Crippen molar-refractivity contribution in [3.05, 3.63) is 47.5 Å². The number of rotatable bonds is 14. The highest BCUT2D eigenvalue weighted by Crippen LogP contribution is 2.40. The van der Waals surface area contributed by atoms with Crippen molar-refractivity contribution in [2.45, 2.75) is 83.9 Å². The summed E-state index contributed by atoms with van der Waals surface area (Å²) in [6, 6.07) is 8.36. The maximum absolute atomic E-state index is 14.4. The number of ether oxygens (including phenoxy) is 4. The Bertz CT molecular complexity index is 1670. The van der Waals surface area contributed by atoms with Crippen LogP contribution in [0.2, 0.25) is 0 Å². The summed E-state index contributed by atoms with van der Waals surface area (Å²) in [6.07, 6.45) is 0.611. The van der Waals surface area contributed by atoms with Crippen LogP contribution in [0.4, 0.5) is 4.79 Å². The number of Topliss-reactive ketones (excluding diaryl/α,β-unsaturated/α-hetero) is 2. The number of benzene rings is 2. The Hall–Kier alpha value is -4.98. The van der Waals surface area contributed by atoms with Crippen molar-refractivity contribution >= 4 is 35.4 Å². The molecule has 2 aromatic carbocycles. The average molecular weight is 753 g/mol. The van der Waals surface area contributed by atoms with Crippen LogP contribution in [0.5, 0.6) is 11.5 Å². The summed E-state index contributed by atoms with van der Waals surface area (Å²) in [5, 5.41) is 8.30. The van der Waals surface area contributed by atoms with E-state index in [1.54, 1.807) is 65.1 Å². The van der Waals surface area contributed by atoms with E-state index in [-0.39, 0.29) is 31.6 Å². The number of methoxy groups -OCH3 is 3. The van der Waals surface area contributed by atoms with Gasteiger partial charge in [-0.3, -0.25) is 19.2 Å². The first-order valence-electron chi connectivity index (χ1n) is 18.2. The van der Waals surface area contributed by atoms with Crippen molar-refractivity contribution in [1.82, 2.24) is 20.9 Å². The van der Waals surface area contributed by atoms with Gasteiger partial charge in [-0.05, 0) is 76.1 Å². The third-order valence-corrected chi connectivity index (χ3v) is 9.18. The van der Waals surface area contributed by atoms with Crippen LogP contribution in [0, 0.1) is 11.8 Å². The highest BCUT2D eigenvalue weighted by molar-refractivity contribution is 5.96. The number of likely N-dealkylation sites (N-methyl/N-ethyl adjacent to an activating group) is 2. The molecule has 0 fully saturated rings. The molecular weight excluding hydrogens is 696 g/mol. The van der Waals surface area contributed by atoms with Gasteiger partial charge in [-0.25, -0.2) is 9.59 Å². The predicted molar refractivity (Wildman–Crippen MR) is 202 cm³/mol. The number of unbranched alkanes of at least 4 members (excludes halogenated alkanes) is 1. The molecule has 3 amide bonds. The number of nitrogens with zero attached hydrogens (tertiary/aromatic N) is 1. The fraction of sp³-hybridized carbons (Fsp3) is 0.550. The first kappa shape index (κ1) is 43.4. The van der Waals surface area contributed by atoms with Crippen LogP contribution in [0.1, 0.15) is 77.0 Å². The van der Waals surface area contributed by atoms with Crippen molar-refractivity contribution in [3.63, 3.8) is 0 Å². The smallest absolute Gasteiger partial charge is 0.407 e. The van der Waals surface area contributed by atoms with E-state index in [9.17, 15) is 28.8 Å². The minimum absolute atomic E-state index is 0.0595. The zero-order valence-corrected chi connectivity index (χ0v) is 33.0. The normalized spacial score (nSPS) is 18.0. The molecule has 0 saturated heterocycles. The number of amides is 3. The van der Waals surface area contributed by atoms with Crippen LogP contribution in [-0.4, -0.2) is 101 Å². The van der Waals surface area contributed by atoms with E-state index in [4.69, 9.17) is 18.9 Å². The molecule has 0 aromatic heterocycles. The number of carbonyl (C=O) groups is 6. The fourth-order valence-corrected chi connectivity index (χ4v) is 6.51. The predicted octanol–water partition coefficient (Wildman–Crippen LogP) is 4.17. The summed E-state index contributed by atoms with van der Waals surface area (Å²) in [5.74, 6) is -2.84. The van der Waals surface area contributed by atoms with Gasteiger partial charge in [0.2, 0.25) is 11.8 Å². The molecular formula is C40H56N4O10. The van der Waals surface area contributed by atoms with Crippen LogP contribution in [0.3, 0.4) is 0 Å². The van der Waals surface area contributed by atoms with Crippen molar-refractivity contribution in [1.29, 1.82) is 0 Å². The Kier molecular flexibility index (Phi) is 16.0. The molecule has 0 saturated carbocycles. The Balaban J connectivity index is 2.07. The van der Waals surface area contributed by atoms with E-state index < -0.39 is 59.2 Å². The van der Waals surface area contributed by atoms with Crippen molar-refractivity contribution in [2.75, 3.05) is 48.5 Å². The van der Waals surface area contributed by atoms with E-state index in [0.717, 1.165) is 0 Å². The number of hydrogen-bond donors (Lipinski definition) is 3. The Labute approximate surface area is 318 Å². The van der Waals surface area contributed by atoms with Crippen LogP contribution < -0.4 is 25.4 Å². The number of carbonyl (C=O) groups excluding carboxylic acids is 6. The monoisotopic (exact) mass is 752 g/mol. The number of hydrogen-bond acceptors (Lipinski definition) is 11. The van der Waals surface area contributed by atoms with Gasteiger partial charge >= 0.3 is 12.1 Å². The molecule has 4 bridgehead atoms. The van der Waals surface area contributed by atoms with Gasteiger partial charge in [-0.2, -0.15) is 0 Å². The highest BCUT2D eigenvalue weighted by atomic mass is 16.6. The zero-order valence-electron chi connectivity index (χ0n) is 33.0. The van der Waals surface area contributed by atoms with Crippen LogP contribution >= 0.6 is 0 Å². The first-order chi connectivity index (χ1) is 25.5. The van der Waals surface area contributed by atoms with Crippen molar-refractivity contribution in [2.24, 2.45) is 11.8 Å². The van der Waals surface area contributed by atoms with Gasteiger partial charge in [0.05, 0.1) is 27.9 Å². The number of alkyl carbamates (subject to hydrolysis) is 1. The summed E-state index contributed by atoms with van der Waals surface area (Å²) < 4.78 is 21.8. The summed E-state index contributed by atoms with van der Waals surface area (Å²) in [6.45, 7) is 7.28. The van der Waals surface area contributed by atoms with Gasteiger partial charge in [0.15, 0.2) is 5.78 Å². The molecule has 2 aromatic rings. The van der Waals surface area contributed by atoms with E-state index in [1.165, 1.54) is 33.3 Å². The lowest BCUT2D eigenvalue weighted by atomic mass is 9.88. The molecule has 3 rings (SSSR count). The van der Waals surface area contributed by atoms with Crippen molar-refractivity contribution in [3.8, 4) is 22.6 Å². The summed E-state index contributed by atoms with van der Waals surface area (Å²) in [4.78, 5) is 81.5. The lowest BCUT2D eigenvalue weighted by Gasteiger charge is -2.32. The first-order valence-corrected chi connectivity index (χ1v) is 18.2. The molecule has 3 N–H and O–H groups in total. The number of ketones is 2. The SMILES string of the molecule is CNCC(=O)C[C@@H](CCCCNC(=O)OC(C)(C)C)C(=O)N(C)[C@@H]1C(=O)C[C@@H](C)C(=O)N[C@H](C(=O)OC)Cc2ccc(OC)c(c2)-c2cc1ccc2OC. The van der Waals surface area contributed by atoms with Gasteiger partial charge in [0.25, 0.3) is 0 Å². The second kappa shape index (κ2) is 19.9. The number of nitrogens with one attached hydrogen (secondary N) is 3. The molecule has 1 aliphatic heterocycles. The molecule has 4 atom stereocenters. The van der Waals surface area contributed by atoms with Gasteiger partial charge < -0.3 is 39.8 Å². The molecule has 1 aliphatic rings.